The number of halogens is 1. The van der Waals surface area contributed by atoms with E-state index in [0.29, 0.717) is 5.69 Å². The highest BCUT2D eigenvalue weighted by Crippen LogP contribution is 2.29. The Balaban J connectivity index is 1.89. The Kier molecular flexibility index (Phi) is 6.14. The lowest BCUT2D eigenvalue weighted by atomic mass is 10.3. The lowest BCUT2D eigenvalue weighted by Crippen LogP contribution is -2.22. The first-order chi connectivity index (χ1) is 10.6. The summed E-state index contributed by atoms with van der Waals surface area (Å²) in [5, 5.41) is 14.3. The van der Waals surface area contributed by atoms with E-state index < -0.39 is 0 Å². The maximum Gasteiger partial charge on any atom is 0.237 e. The quantitative estimate of drug-likeness (QED) is 0.754. The first-order valence-corrected chi connectivity index (χ1v) is 8.58. The summed E-state index contributed by atoms with van der Waals surface area (Å²) in [6.45, 7) is 4.69. The molecule has 1 aromatic carbocycles. The molecule has 0 saturated heterocycles. The molecule has 2 aromatic rings. The van der Waals surface area contributed by atoms with E-state index in [1.807, 2.05) is 0 Å². The Morgan fingerprint density at radius 2 is 2.27 bits per heavy atom. The van der Waals surface area contributed by atoms with E-state index in [-0.39, 0.29) is 17.0 Å². The van der Waals surface area contributed by atoms with Gasteiger partial charge in [0.05, 0.1) is 5.25 Å². The number of aromatic nitrogens is 2. The molecular weight excluding hydrogens is 323 g/mol. The van der Waals surface area contributed by atoms with Crippen LogP contribution in [0.25, 0.3) is 0 Å². The highest BCUT2D eigenvalue weighted by atomic mass is 32.2. The van der Waals surface area contributed by atoms with Crippen LogP contribution in [-0.2, 0) is 4.79 Å². The molecule has 2 rings (SSSR count). The van der Waals surface area contributed by atoms with Crippen molar-refractivity contribution in [2.45, 2.75) is 29.9 Å². The number of nitrogens with zero attached hydrogens (tertiary/aromatic N) is 2. The zero-order valence-electron chi connectivity index (χ0n) is 12.3. The number of carbonyl (C=O) groups excluding carboxylic acids is 1. The minimum atomic E-state index is -0.381. The van der Waals surface area contributed by atoms with Crippen LogP contribution in [0.4, 0.5) is 15.2 Å². The molecule has 0 aliphatic heterocycles. The van der Waals surface area contributed by atoms with Crippen LogP contribution in [0.15, 0.2) is 28.6 Å². The SMILES string of the molecule is CCCNc1nnc(S[C@@H](C)C(=O)Nc2cccc(F)c2)s1. The third kappa shape index (κ3) is 4.96. The lowest BCUT2D eigenvalue weighted by Gasteiger charge is -2.10. The normalized spacial score (nSPS) is 12.0. The molecule has 1 heterocycles. The number of thioether (sulfide) groups is 1. The van der Waals surface area contributed by atoms with Crippen molar-refractivity contribution in [3.8, 4) is 0 Å². The number of carbonyl (C=O) groups is 1. The molecule has 118 valence electrons. The standard InChI is InChI=1S/C14H17FN4OS2/c1-3-7-16-13-18-19-14(22-13)21-9(2)12(20)17-11-6-4-5-10(15)8-11/h4-6,8-9H,3,7H2,1-2H3,(H,16,18)(H,17,20)/t9-/m0/s1. The topological polar surface area (TPSA) is 66.9 Å². The first-order valence-electron chi connectivity index (χ1n) is 6.89. The van der Waals surface area contributed by atoms with Crippen LogP contribution in [-0.4, -0.2) is 27.9 Å². The van der Waals surface area contributed by atoms with Crippen molar-refractivity contribution in [1.29, 1.82) is 0 Å². The molecule has 0 spiro atoms. The second-order valence-corrected chi connectivity index (χ2v) is 7.13. The summed E-state index contributed by atoms with van der Waals surface area (Å²) in [7, 11) is 0. The van der Waals surface area contributed by atoms with Gasteiger partial charge in [0.25, 0.3) is 0 Å². The highest BCUT2D eigenvalue weighted by molar-refractivity contribution is 8.02. The van der Waals surface area contributed by atoms with E-state index in [2.05, 4.69) is 27.8 Å². The largest absolute Gasteiger partial charge is 0.360 e. The van der Waals surface area contributed by atoms with Crippen molar-refractivity contribution in [3.05, 3.63) is 30.1 Å². The van der Waals surface area contributed by atoms with Crippen molar-refractivity contribution in [1.82, 2.24) is 10.2 Å². The van der Waals surface area contributed by atoms with Gasteiger partial charge >= 0.3 is 0 Å². The van der Waals surface area contributed by atoms with Crippen molar-refractivity contribution < 1.29 is 9.18 Å². The molecule has 8 heteroatoms. The van der Waals surface area contributed by atoms with E-state index in [4.69, 9.17) is 0 Å². The van der Waals surface area contributed by atoms with Crippen LogP contribution >= 0.6 is 23.1 Å². The summed E-state index contributed by atoms with van der Waals surface area (Å²) in [6, 6.07) is 5.82. The number of hydrogen-bond donors (Lipinski definition) is 2. The fourth-order valence-corrected chi connectivity index (χ4v) is 3.50. The van der Waals surface area contributed by atoms with Crippen LogP contribution in [0.5, 0.6) is 0 Å². The molecule has 0 radical (unpaired) electrons. The Bertz CT molecular complexity index is 635. The summed E-state index contributed by atoms with van der Waals surface area (Å²) in [4.78, 5) is 12.1. The van der Waals surface area contributed by atoms with E-state index in [9.17, 15) is 9.18 Å². The molecule has 0 unspecified atom stereocenters. The summed E-state index contributed by atoms with van der Waals surface area (Å²) in [5.74, 6) is -0.581. The van der Waals surface area contributed by atoms with Gasteiger partial charge in [0.2, 0.25) is 11.0 Å². The molecule has 0 bridgehead atoms. The molecular formula is C14H17FN4OS2. The summed E-state index contributed by atoms with van der Waals surface area (Å²) in [5.41, 5.74) is 0.444. The van der Waals surface area contributed by atoms with Crippen molar-refractivity contribution in [2.75, 3.05) is 17.2 Å². The van der Waals surface area contributed by atoms with E-state index in [0.717, 1.165) is 22.4 Å². The maximum atomic E-state index is 13.1. The van der Waals surface area contributed by atoms with Gasteiger partial charge in [0, 0.05) is 12.2 Å². The number of hydrogen-bond acceptors (Lipinski definition) is 6. The number of rotatable bonds is 7. The minimum Gasteiger partial charge on any atom is -0.360 e. The van der Waals surface area contributed by atoms with Crippen molar-refractivity contribution >= 4 is 39.8 Å². The molecule has 0 saturated carbocycles. The highest BCUT2D eigenvalue weighted by Gasteiger charge is 2.17. The molecule has 2 N–H and O–H groups in total. The molecule has 22 heavy (non-hydrogen) atoms. The maximum absolute atomic E-state index is 13.1. The number of nitrogens with one attached hydrogen (secondary N) is 2. The second-order valence-electron chi connectivity index (χ2n) is 4.56. The Hall–Kier alpha value is -1.67. The van der Waals surface area contributed by atoms with E-state index >= 15 is 0 Å². The van der Waals surface area contributed by atoms with Gasteiger partial charge in [-0.25, -0.2) is 4.39 Å². The van der Waals surface area contributed by atoms with Gasteiger partial charge < -0.3 is 10.6 Å². The molecule has 0 aliphatic rings. The van der Waals surface area contributed by atoms with Gasteiger partial charge in [0.15, 0.2) is 4.34 Å². The predicted molar refractivity (Wildman–Crippen MR) is 89.0 cm³/mol. The van der Waals surface area contributed by atoms with Gasteiger partial charge in [-0.3, -0.25) is 4.79 Å². The average molecular weight is 340 g/mol. The predicted octanol–water partition coefficient (Wildman–Crippen LogP) is 3.62. The smallest absolute Gasteiger partial charge is 0.237 e. The summed E-state index contributed by atoms with van der Waals surface area (Å²) in [6.07, 6.45) is 1.01. The number of benzene rings is 1. The van der Waals surface area contributed by atoms with Crippen molar-refractivity contribution in [3.63, 3.8) is 0 Å². The Morgan fingerprint density at radius 3 is 3.00 bits per heavy atom. The molecule has 1 amide bonds. The molecule has 0 fully saturated rings. The third-order valence-corrected chi connectivity index (χ3v) is 4.74. The monoisotopic (exact) mass is 340 g/mol. The minimum absolute atomic E-state index is 0.200. The average Bonchev–Trinajstić information content (AvgIpc) is 2.92. The zero-order valence-corrected chi connectivity index (χ0v) is 13.9. The van der Waals surface area contributed by atoms with Crippen LogP contribution in [0.1, 0.15) is 20.3 Å². The zero-order chi connectivity index (χ0) is 15.9. The molecule has 0 aliphatic carbocycles. The van der Waals surface area contributed by atoms with Crippen LogP contribution < -0.4 is 10.6 Å². The van der Waals surface area contributed by atoms with E-state index in [1.54, 1.807) is 19.1 Å². The van der Waals surface area contributed by atoms with Gasteiger partial charge in [-0.1, -0.05) is 36.1 Å². The number of anilines is 2. The van der Waals surface area contributed by atoms with Gasteiger partial charge in [-0.15, -0.1) is 10.2 Å². The Labute approximate surface area is 136 Å². The molecule has 1 atom stereocenters. The van der Waals surface area contributed by atoms with Crippen LogP contribution in [0.3, 0.4) is 0 Å². The fraction of sp³-hybridized carbons (Fsp3) is 0.357. The third-order valence-electron chi connectivity index (χ3n) is 2.67. The first kappa shape index (κ1) is 16.7. The van der Waals surface area contributed by atoms with E-state index in [1.165, 1.54) is 35.2 Å². The van der Waals surface area contributed by atoms with Crippen LogP contribution in [0.2, 0.25) is 0 Å². The van der Waals surface area contributed by atoms with Gasteiger partial charge in [-0.2, -0.15) is 0 Å². The van der Waals surface area contributed by atoms with Crippen molar-refractivity contribution in [2.24, 2.45) is 0 Å². The van der Waals surface area contributed by atoms with Crippen LogP contribution in [0, 0.1) is 5.82 Å². The second kappa shape index (κ2) is 8.09. The molecule has 1 aromatic heterocycles. The summed E-state index contributed by atoms with van der Waals surface area (Å²) >= 11 is 2.75. The lowest BCUT2D eigenvalue weighted by molar-refractivity contribution is -0.115. The Morgan fingerprint density at radius 1 is 1.45 bits per heavy atom. The summed E-state index contributed by atoms with van der Waals surface area (Å²) < 4.78 is 13.8. The fourth-order valence-electron chi connectivity index (χ4n) is 1.58. The number of amides is 1. The van der Waals surface area contributed by atoms with Gasteiger partial charge in [0.1, 0.15) is 5.82 Å². The van der Waals surface area contributed by atoms with Gasteiger partial charge in [-0.05, 0) is 31.5 Å². The molecule has 5 nitrogen and oxygen atoms in total.